The molecule has 4 atom stereocenters. The summed E-state index contributed by atoms with van der Waals surface area (Å²) in [5.41, 5.74) is -8.23. The summed E-state index contributed by atoms with van der Waals surface area (Å²) in [5.74, 6) is -0.178. The Morgan fingerprint density at radius 2 is 0.823 bits per heavy atom. The van der Waals surface area contributed by atoms with E-state index in [9.17, 15) is 96.2 Å². The van der Waals surface area contributed by atoms with Crippen LogP contribution in [0.15, 0.2) is 58.4 Å². The van der Waals surface area contributed by atoms with E-state index >= 15 is 0 Å². The molecule has 0 spiro atoms. The minimum Gasteiger partial charge on any atom is -0.744 e. The minimum atomic E-state index is -5.55. The Balaban J connectivity index is 0.000000423. The summed E-state index contributed by atoms with van der Waals surface area (Å²) in [5, 5.41) is 67.3. The van der Waals surface area contributed by atoms with Crippen LogP contribution >= 0.6 is 0 Å². The SMILES string of the molecule is CCOC(=O)[C@@H]1CC=C[C@@H](C)[NH2+]1.CCOC(=O)[C@@H]1CC=C[C@@H](C)[NH2+]1.O=[N+]([O-])c1cc([N+](=O)[O-])c(S(=O)(=O)[O-])c([N+](=O)[O-])c1.O=[N+]([O-])c1cc([N+](=O)[O-])c(S(=O)(=O)[O-])c([N+](=O)[O-])c1. The highest BCUT2D eigenvalue weighted by Crippen LogP contribution is 2.38. The number of esters is 2. The molecule has 2 aromatic rings. The number of nitro benzene ring substituents is 6. The van der Waals surface area contributed by atoms with Crippen LogP contribution in [0, 0.1) is 60.7 Å². The van der Waals surface area contributed by atoms with Crippen molar-refractivity contribution in [3.8, 4) is 0 Å². The van der Waals surface area contributed by atoms with E-state index in [-0.39, 0.29) is 48.3 Å². The van der Waals surface area contributed by atoms with Gasteiger partial charge >= 0.3 is 34.7 Å². The number of nitro groups is 6. The summed E-state index contributed by atoms with van der Waals surface area (Å²) in [7, 11) is -11.1. The second-order valence-corrected chi connectivity index (χ2v) is 14.9. The van der Waals surface area contributed by atoms with Crippen LogP contribution in [0.5, 0.6) is 0 Å². The Morgan fingerprint density at radius 1 is 0.565 bits per heavy atom. The number of nitrogens with zero attached hydrogens (tertiary/aromatic N) is 6. The van der Waals surface area contributed by atoms with E-state index in [0.717, 1.165) is 12.8 Å². The Bertz CT molecular complexity index is 2140. The van der Waals surface area contributed by atoms with Gasteiger partial charge in [0.2, 0.25) is 9.79 Å². The molecule has 0 bridgehead atoms. The number of hydrogen-bond donors (Lipinski definition) is 2. The lowest BCUT2D eigenvalue weighted by Gasteiger charge is -2.19. The van der Waals surface area contributed by atoms with Gasteiger partial charge in [-0.3, -0.25) is 60.7 Å². The average molecular weight is 925 g/mol. The van der Waals surface area contributed by atoms with Crippen LogP contribution in [0.2, 0.25) is 0 Å². The van der Waals surface area contributed by atoms with Crippen molar-refractivity contribution in [2.45, 2.75) is 74.5 Å². The van der Waals surface area contributed by atoms with Crippen LogP contribution in [-0.2, 0) is 39.3 Å². The summed E-state index contributed by atoms with van der Waals surface area (Å²) in [4.78, 5) is 74.2. The maximum absolute atomic E-state index is 11.3. The number of carbonyl (C=O) groups is 2. The zero-order valence-electron chi connectivity index (χ0n) is 32.4. The normalized spacial score (nSPS) is 17.8. The molecule has 0 unspecified atom stereocenters. The molecule has 32 heteroatoms. The standard InChI is InChI=1S/2C9H15NO2.2C6H3N3O9S/c2*1-3-12-9(11)8-6-4-5-7(2)10-8;2*10-7(11)3-1-4(8(12)13)6(19(16,17)18)5(2-3)9(14)15/h2*4-5,7-8,10H,3,6H2,1-2H3;2*1-2H,(H,16,17,18)/t2*7-,8+;;/m11../s1. The van der Waals surface area contributed by atoms with Crippen LogP contribution in [0.25, 0.3) is 0 Å². The van der Waals surface area contributed by atoms with E-state index < -0.39 is 93.7 Å². The largest absolute Gasteiger partial charge is 0.744 e. The number of ether oxygens (including phenoxy) is 2. The van der Waals surface area contributed by atoms with Gasteiger partial charge in [-0.15, -0.1) is 0 Å². The Labute approximate surface area is 348 Å². The van der Waals surface area contributed by atoms with Crippen LogP contribution in [0.1, 0.15) is 40.5 Å². The molecule has 2 aromatic carbocycles. The number of benzene rings is 2. The molecule has 0 saturated heterocycles. The summed E-state index contributed by atoms with van der Waals surface area (Å²) in [6.07, 6.45) is 9.90. The van der Waals surface area contributed by atoms with Crippen molar-refractivity contribution in [1.82, 2.24) is 0 Å². The van der Waals surface area contributed by atoms with Gasteiger partial charge in [-0.1, -0.05) is 12.2 Å². The van der Waals surface area contributed by atoms with E-state index in [0.29, 0.717) is 25.3 Å². The molecular weight excluding hydrogens is 888 g/mol. The fraction of sp³-hybridized carbons (Fsp3) is 0.400. The first-order chi connectivity index (χ1) is 28.6. The van der Waals surface area contributed by atoms with Gasteiger partial charge < -0.3 is 29.2 Å². The van der Waals surface area contributed by atoms with E-state index in [2.05, 4.69) is 26.0 Å². The van der Waals surface area contributed by atoms with Gasteiger partial charge in [0.15, 0.2) is 12.1 Å². The van der Waals surface area contributed by atoms with Crippen molar-refractivity contribution in [2.24, 2.45) is 0 Å². The van der Waals surface area contributed by atoms with Crippen molar-refractivity contribution in [1.29, 1.82) is 0 Å². The van der Waals surface area contributed by atoms with Crippen LogP contribution < -0.4 is 10.6 Å². The molecular formula is C30H36N8O22S2. The first-order valence-corrected chi connectivity index (χ1v) is 19.9. The lowest BCUT2D eigenvalue weighted by Crippen LogP contribution is -2.96. The Kier molecular flexibility index (Phi) is 19.8. The third kappa shape index (κ3) is 15.9. The van der Waals surface area contributed by atoms with E-state index in [1.165, 1.54) is 0 Å². The van der Waals surface area contributed by atoms with Gasteiger partial charge in [0, 0.05) is 12.8 Å². The molecule has 340 valence electrons. The highest BCUT2D eigenvalue weighted by atomic mass is 32.2. The van der Waals surface area contributed by atoms with Gasteiger partial charge in [-0.25, -0.2) is 26.4 Å². The quantitative estimate of drug-likeness (QED) is 0.0949. The summed E-state index contributed by atoms with van der Waals surface area (Å²) < 4.78 is 74.8. The maximum Gasteiger partial charge on any atom is 0.365 e. The van der Waals surface area contributed by atoms with E-state index in [1.54, 1.807) is 0 Å². The number of quaternary nitrogens is 2. The van der Waals surface area contributed by atoms with Crippen molar-refractivity contribution in [2.75, 3.05) is 13.2 Å². The second kappa shape index (κ2) is 23.1. The Hall–Kier alpha value is -7.00. The zero-order chi connectivity index (χ0) is 47.9. The fourth-order valence-corrected chi connectivity index (χ4v) is 6.74. The second-order valence-electron chi connectivity index (χ2n) is 12.2. The highest BCUT2D eigenvalue weighted by Gasteiger charge is 2.36. The average Bonchev–Trinajstić information content (AvgIpc) is 3.16. The van der Waals surface area contributed by atoms with Crippen LogP contribution in [0.4, 0.5) is 34.1 Å². The number of carbonyl (C=O) groups excluding carboxylic acids is 2. The van der Waals surface area contributed by atoms with Gasteiger partial charge in [-0.05, 0) is 39.8 Å². The molecule has 0 aromatic heterocycles. The first kappa shape index (κ1) is 53.0. The van der Waals surface area contributed by atoms with E-state index in [4.69, 9.17) is 9.47 Å². The number of nitrogens with two attached hydrogens (primary N) is 2. The maximum atomic E-state index is 11.3. The molecule has 2 aliphatic heterocycles. The topological polar surface area (TPSA) is 459 Å². The molecule has 0 aliphatic carbocycles. The van der Waals surface area contributed by atoms with Crippen LogP contribution in [-0.4, -0.2) is 105 Å². The van der Waals surface area contributed by atoms with Gasteiger partial charge in [-0.2, -0.15) is 0 Å². The first-order valence-electron chi connectivity index (χ1n) is 17.1. The molecule has 4 N–H and O–H groups in total. The highest BCUT2D eigenvalue weighted by molar-refractivity contribution is 7.86. The molecule has 0 radical (unpaired) electrons. The lowest BCUT2D eigenvalue weighted by molar-refractivity contribution is -0.700. The molecule has 0 fully saturated rings. The summed E-state index contributed by atoms with van der Waals surface area (Å²) >= 11 is 0. The van der Waals surface area contributed by atoms with Gasteiger partial charge in [0.05, 0.1) is 67.0 Å². The molecule has 4 rings (SSSR count). The zero-order valence-corrected chi connectivity index (χ0v) is 34.0. The smallest absolute Gasteiger partial charge is 0.365 e. The molecule has 0 amide bonds. The van der Waals surface area contributed by atoms with Crippen molar-refractivity contribution >= 4 is 66.3 Å². The molecule has 30 nitrogen and oxygen atoms in total. The van der Waals surface area contributed by atoms with Gasteiger partial charge in [0.1, 0.15) is 32.3 Å². The third-order valence-electron chi connectivity index (χ3n) is 7.69. The molecule has 62 heavy (non-hydrogen) atoms. The third-order valence-corrected chi connectivity index (χ3v) is 9.52. The summed E-state index contributed by atoms with van der Waals surface area (Å²) in [6, 6.07) is 1.40. The molecule has 2 heterocycles. The molecule has 0 saturated carbocycles. The van der Waals surface area contributed by atoms with Crippen molar-refractivity contribution in [3.63, 3.8) is 0 Å². The monoisotopic (exact) mass is 924 g/mol. The molecule has 2 aliphatic rings. The lowest BCUT2D eigenvalue weighted by atomic mass is 10.1. The number of hydrogen-bond acceptors (Lipinski definition) is 22. The number of rotatable bonds is 12. The van der Waals surface area contributed by atoms with E-state index in [1.807, 2.05) is 36.6 Å². The predicted molar refractivity (Wildman–Crippen MR) is 200 cm³/mol. The van der Waals surface area contributed by atoms with Crippen molar-refractivity contribution < 1.29 is 85.2 Å². The van der Waals surface area contributed by atoms with Crippen LogP contribution in [0.3, 0.4) is 0 Å². The van der Waals surface area contributed by atoms with Gasteiger partial charge in [0.25, 0.3) is 11.4 Å². The summed E-state index contributed by atoms with van der Waals surface area (Å²) in [6.45, 7) is 8.76. The predicted octanol–water partition coefficient (Wildman–Crippen LogP) is 0.290. The number of non-ortho nitro benzene ring substituents is 2. The minimum absolute atomic E-state index is 0.0232. The van der Waals surface area contributed by atoms with Crippen molar-refractivity contribution in [3.05, 3.63) is 109 Å². The fourth-order valence-electron chi connectivity index (χ4n) is 5.18. The Morgan fingerprint density at radius 3 is 1.00 bits per heavy atom.